The SMILES string of the molecule is O=c1cc(CSc2nnc(N3CCOCC3)n2Cc2ccccc2)c2c(ccc3ccccc32)o1. The molecule has 0 bridgehead atoms. The van der Waals surface area contributed by atoms with E-state index >= 15 is 0 Å². The topological polar surface area (TPSA) is 73.4 Å². The summed E-state index contributed by atoms with van der Waals surface area (Å²) in [6, 6.07) is 24.0. The van der Waals surface area contributed by atoms with E-state index in [1.807, 2.05) is 42.5 Å². The molecule has 0 unspecified atom stereocenters. The molecule has 1 aliphatic heterocycles. The number of ether oxygens (including phenoxy) is 1. The lowest BCUT2D eigenvalue weighted by atomic mass is 10.0. The van der Waals surface area contributed by atoms with E-state index in [0.29, 0.717) is 31.1 Å². The van der Waals surface area contributed by atoms with Gasteiger partial charge in [-0.05, 0) is 28.0 Å². The zero-order valence-electron chi connectivity index (χ0n) is 19.1. The van der Waals surface area contributed by atoms with Crippen molar-refractivity contribution in [2.45, 2.75) is 17.5 Å². The fourth-order valence-corrected chi connectivity index (χ4v) is 5.48. The van der Waals surface area contributed by atoms with Crippen molar-refractivity contribution in [2.24, 2.45) is 0 Å². The number of rotatable bonds is 6. The summed E-state index contributed by atoms with van der Waals surface area (Å²) < 4.78 is 13.2. The largest absolute Gasteiger partial charge is 0.423 e. The standard InChI is InChI=1S/C27H24N4O3S/c32-24-16-21(25-22-9-5-4-8-20(22)10-11-23(25)34-24)18-35-27-29-28-26(30-12-14-33-15-13-30)31(27)17-19-6-2-1-3-7-19/h1-11,16H,12-15,17-18H2. The lowest BCUT2D eigenvalue weighted by Crippen LogP contribution is -2.38. The molecule has 0 amide bonds. The molecular formula is C27H24N4O3S. The maximum Gasteiger partial charge on any atom is 0.336 e. The highest BCUT2D eigenvalue weighted by atomic mass is 32.2. The van der Waals surface area contributed by atoms with Gasteiger partial charge in [-0.3, -0.25) is 4.57 Å². The molecule has 1 saturated heterocycles. The Morgan fingerprint density at radius 3 is 2.57 bits per heavy atom. The highest BCUT2D eigenvalue weighted by Crippen LogP contribution is 2.32. The summed E-state index contributed by atoms with van der Waals surface area (Å²) in [7, 11) is 0. The molecule has 0 N–H and O–H groups in total. The highest BCUT2D eigenvalue weighted by molar-refractivity contribution is 7.98. The van der Waals surface area contributed by atoms with Crippen LogP contribution in [0.4, 0.5) is 5.95 Å². The van der Waals surface area contributed by atoms with Crippen LogP contribution in [-0.4, -0.2) is 41.1 Å². The van der Waals surface area contributed by atoms with Crippen LogP contribution in [0.3, 0.4) is 0 Å². The van der Waals surface area contributed by atoms with Crippen LogP contribution in [-0.2, 0) is 17.0 Å². The van der Waals surface area contributed by atoms with E-state index in [-0.39, 0.29) is 5.63 Å². The van der Waals surface area contributed by atoms with Crippen LogP contribution in [0.1, 0.15) is 11.1 Å². The summed E-state index contributed by atoms with van der Waals surface area (Å²) in [6.45, 7) is 3.60. The van der Waals surface area contributed by atoms with Gasteiger partial charge in [0.05, 0.1) is 19.8 Å². The third-order valence-corrected chi connectivity index (χ3v) is 7.26. The highest BCUT2D eigenvalue weighted by Gasteiger charge is 2.21. The predicted molar refractivity (Wildman–Crippen MR) is 138 cm³/mol. The van der Waals surface area contributed by atoms with Crippen LogP contribution in [0.25, 0.3) is 21.7 Å². The normalized spacial score (nSPS) is 14.1. The second-order valence-electron chi connectivity index (χ2n) is 8.49. The van der Waals surface area contributed by atoms with E-state index in [4.69, 9.17) is 9.15 Å². The molecule has 0 radical (unpaired) electrons. The van der Waals surface area contributed by atoms with Crippen LogP contribution < -0.4 is 10.5 Å². The smallest absolute Gasteiger partial charge is 0.336 e. The van der Waals surface area contributed by atoms with E-state index in [9.17, 15) is 4.79 Å². The number of aromatic nitrogens is 3. The molecule has 2 aromatic heterocycles. The number of hydrogen-bond donors (Lipinski definition) is 0. The molecule has 1 fully saturated rings. The molecule has 0 spiro atoms. The van der Waals surface area contributed by atoms with E-state index in [1.54, 1.807) is 17.8 Å². The third kappa shape index (κ3) is 4.42. The predicted octanol–water partition coefficient (Wildman–Crippen LogP) is 4.71. The number of nitrogens with zero attached hydrogens (tertiary/aromatic N) is 4. The van der Waals surface area contributed by atoms with E-state index in [2.05, 4.69) is 43.9 Å². The van der Waals surface area contributed by atoms with Crippen molar-refractivity contribution < 1.29 is 9.15 Å². The second kappa shape index (κ2) is 9.56. The fraction of sp³-hybridized carbons (Fsp3) is 0.222. The van der Waals surface area contributed by atoms with Crippen molar-refractivity contribution >= 4 is 39.5 Å². The molecule has 176 valence electrons. The Morgan fingerprint density at radius 1 is 0.914 bits per heavy atom. The Bertz CT molecular complexity index is 1540. The van der Waals surface area contributed by atoms with Gasteiger partial charge in [0.1, 0.15) is 5.58 Å². The van der Waals surface area contributed by atoms with Gasteiger partial charge >= 0.3 is 5.63 Å². The first-order valence-electron chi connectivity index (χ1n) is 11.6. The first-order chi connectivity index (χ1) is 17.3. The Labute approximate surface area is 206 Å². The lowest BCUT2D eigenvalue weighted by Gasteiger charge is -2.28. The van der Waals surface area contributed by atoms with Crippen molar-refractivity contribution in [2.75, 3.05) is 31.2 Å². The molecule has 5 aromatic rings. The van der Waals surface area contributed by atoms with E-state index in [1.165, 1.54) is 5.56 Å². The maximum absolute atomic E-state index is 12.3. The summed E-state index contributed by atoms with van der Waals surface area (Å²) in [4.78, 5) is 14.6. The maximum atomic E-state index is 12.3. The average Bonchev–Trinajstić information content (AvgIpc) is 3.30. The molecular weight excluding hydrogens is 460 g/mol. The van der Waals surface area contributed by atoms with Gasteiger partial charge in [0.2, 0.25) is 5.95 Å². The summed E-state index contributed by atoms with van der Waals surface area (Å²) in [6.07, 6.45) is 0. The van der Waals surface area contributed by atoms with Gasteiger partial charge in [-0.15, -0.1) is 10.2 Å². The molecule has 3 aromatic carbocycles. The number of fused-ring (bicyclic) bond motifs is 3. The summed E-state index contributed by atoms with van der Waals surface area (Å²) >= 11 is 1.59. The van der Waals surface area contributed by atoms with Crippen LogP contribution in [0, 0.1) is 0 Å². The van der Waals surface area contributed by atoms with E-state index in [0.717, 1.165) is 45.9 Å². The van der Waals surface area contributed by atoms with Crippen molar-refractivity contribution in [3.05, 3.63) is 94.3 Å². The fourth-order valence-electron chi connectivity index (χ4n) is 4.57. The van der Waals surface area contributed by atoms with Crippen LogP contribution >= 0.6 is 11.8 Å². The van der Waals surface area contributed by atoms with Gasteiger partial charge in [-0.25, -0.2) is 4.79 Å². The number of hydrogen-bond acceptors (Lipinski definition) is 7. The van der Waals surface area contributed by atoms with Crippen molar-refractivity contribution in [1.82, 2.24) is 14.8 Å². The molecule has 6 rings (SSSR count). The van der Waals surface area contributed by atoms with Crippen molar-refractivity contribution in [3.8, 4) is 0 Å². The number of anilines is 1. The number of benzene rings is 3. The van der Waals surface area contributed by atoms with Crippen molar-refractivity contribution in [1.29, 1.82) is 0 Å². The monoisotopic (exact) mass is 484 g/mol. The van der Waals surface area contributed by atoms with Gasteiger partial charge in [0.15, 0.2) is 5.16 Å². The molecule has 0 aliphatic carbocycles. The van der Waals surface area contributed by atoms with Gasteiger partial charge in [0, 0.05) is 30.3 Å². The van der Waals surface area contributed by atoms with Gasteiger partial charge in [0.25, 0.3) is 0 Å². The second-order valence-corrected chi connectivity index (χ2v) is 9.44. The van der Waals surface area contributed by atoms with Crippen LogP contribution in [0.2, 0.25) is 0 Å². The average molecular weight is 485 g/mol. The molecule has 0 saturated carbocycles. The van der Waals surface area contributed by atoms with Gasteiger partial charge < -0.3 is 14.1 Å². The third-order valence-electron chi connectivity index (χ3n) is 6.25. The molecule has 7 nitrogen and oxygen atoms in total. The quantitative estimate of drug-likeness (QED) is 0.196. The van der Waals surface area contributed by atoms with E-state index < -0.39 is 0 Å². The zero-order valence-corrected chi connectivity index (χ0v) is 19.9. The summed E-state index contributed by atoms with van der Waals surface area (Å²) in [5.41, 5.74) is 2.37. The lowest BCUT2D eigenvalue weighted by molar-refractivity contribution is 0.121. The Kier molecular flexibility index (Phi) is 5.98. The Hall–Kier alpha value is -3.62. The number of thioether (sulfide) groups is 1. The van der Waals surface area contributed by atoms with Crippen LogP contribution in [0.5, 0.6) is 0 Å². The van der Waals surface area contributed by atoms with Crippen LogP contribution in [0.15, 0.2) is 87.2 Å². The minimum atomic E-state index is -0.344. The Morgan fingerprint density at radius 2 is 1.71 bits per heavy atom. The molecule has 0 atom stereocenters. The first kappa shape index (κ1) is 21.9. The number of morpholine rings is 1. The Balaban J connectivity index is 1.38. The van der Waals surface area contributed by atoms with Gasteiger partial charge in [-0.2, -0.15) is 0 Å². The molecule has 1 aliphatic rings. The molecule has 3 heterocycles. The zero-order chi connectivity index (χ0) is 23.6. The summed E-state index contributed by atoms with van der Waals surface area (Å²) in [5, 5.41) is 13.1. The molecule has 8 heteroatoms. The summed E-state index contributed by atoms with van der Waals surface area (Å²) in [5.74, 6) is 1.43. The minimum absolute atomic E-state index is 0.344. The minimum Gasteiger partial charge on any atom is -0.423 e. The first-order valence-corrected chi connectivity index (χ1v) is 12.6. The van der Waals surface area contributed by atoms with Crippen molar-refractivity contribution in [3.63, 3.8) is 0 Å². The molecule has 35 heavy (non-hydrogen) atoms. The van der Waals surface area contributed by atoms with Gasteiger partial charge in [-0.1, -0.05) is 72.4 Å².